The average Bonchev–Trinajstić information content (AvgIpc) is 3.33. The maximum Gasteiger partial charge on any atom is 2.00 e. The number of aryl methyl sites for hydroxylation is 2. The maximum absolute atomic E-state index is 12.3. The van der Waals surface area contributed by atoms with Crippen molar-refractivity contribution in [1.82, 2.24) is 39.7 Å². The topological polar surface area (TPSA) is 158 Å². The molecule has 0 unspecified atom stereocenters. The molecule has 12 nitrogen and oxygen atoms in total. The Labute approximate surface area is 441 Å². The fourth-order valence-corrected chi connectivity index (χ4v) is 7.81. The fourth-order valence-electron chi connectivity index (χ4n) is 7.81. The van der Waals surface area contributed by atoms with Crippen molar-refractivity contribution in [2.75, 3.05) is 0 Å². The minimum Gasteiger partial charge on any atom is -0.477 e. The molecular weight excluding hydrogens is 1000 g/mol. The number of benzene rings is 2. The van der Waals surface area contributed by atoms with E-state index in [9.17, 15) is 19.8 Å². The van der Waals surface area contributed by atoms with E-state index in [1.165, 1.54) is 12.1 Å². The molecule has 1 aliphatic rings. The molecule has 0 aliphatic carbocycles. The first-order valence-corrected chi connectivity index (χ1v) is 22.0. The zero-order valence-electron chi connectivity index (χ0n) is 37.8. The number of aromatic nitrogens is 6. The number of nitrogens with zero attached hydrogens (tertiary/aromatic N) is 8. The number of aromatic carboxylic acids is 2. The molecular formula is C56H44EuN8O4+2. The van der Waals surface area contributed by atoms with Gasteiger partial charge in [0, 0.05) is 61.5 Å². The number of carboxylic acid groups (broad SMARTS) is 2. The summed E-state index contributed by atoms with van der Waals surface area (Å²) in [4.78, 5) is 58.4. The van der Waals surface area contributed by atoms with Crippen molar-refractivity contribution in [3.05, 3.63) is 225 Å². The van der Waals surface area contributed by atoms with Crippen LogP contribution in [-0.4, -0.2) is 61.9 Å². The summed E-state index contributed by atoms with van der Waals surface area (Å²) in [5.41, 5.74) is 11.7. The van der Waals surface area contributed by atoms with E-state index < -0.39 is 11.9 Å². The minimum atomic E-state index is -1.14. The quantitative estimate of drug-likeness (QED) is 0.153. The van der Waals surface area contributed by atoms with Gasteiger partial charge in [0.15, 0.2) is 0 Å². The van der Waals surface area contributed by atoms with Crippen LogP contribution in [0, 0.1) is 86.9 Å². The van der Waals surface area contributed by atoms with Crippen LogP contribution in [0.1, 0.15) is 88.5 Å². The van der Waals surface area contributed by atoms with Gasteiger partial charge in [-0.2, -0.15) is 0 Å². The number of hydrogen-bond donors (Lipinski definition) is 2. The average molecular weight is 1040 g/mol. The van der Waals surface area contributed by atoms with Gasteiger partial charge in [0.25, 0.3) is 0 Å². The summed E-state index contributed by atoms with van der Waals surface area (Å²) >= 11 is 0. The number of carboxylic acids is 2. The molecule has 0 spiro atoms. The molecule has 1 aliphatic heterocycles. The Bertz CT molecular complexity index is 3000. The Balaban J connectivity index is 0.00000642. The largest absolute Gasteiger partial charge is 2.00 e. The molecule has 0 atom stereocenters. The van der Waals surface area contributed by atoms with E-state index >= 15 is 0 Å². The van der Waals surface area contributed by atoms with Crippen molar-refractivity contribution in [2.45, 2.75) is 53.1 Å². The van der Waals surface area contributed by atoms with Gasteiger partial charge in [-0.25, -0.2) is 39.5 Å². The zero-order valence-corrected chi connectivity index (χ0v) is 40.2. The molecule has 0 saturated carbocycles. The van der Waals surface area contributed by atoms with E-state index in [-0.39, 0.29) is 73.9 Å². The third-order valence-electron chi connectivity index (χ3n) is 11.1. The molecule has 2 aromatic carbocycles. The van der Waals surface area contributed by atoms with E-state index in [0.29, 0.717) is 71.5 Å². The van der Waals surface area contributed by atoms with Crippen LogP contribution >= 0.6 is 0 Å². The third-order valence-corrected chi connectivity index (χ3v) is 11.1. The van der Waals surface area contributed by atoms with E-state index in [4.69, 9.17) is 19.9 Å². The standard InChI is InChI=1S/C56H44N8O4.Eu/c1-37-15-19-39(20-16-37)23-25-41-27-47(61-53(29-41)55(65)66)35-63-31-43-7-3-11-49(57-43)51-13-5-9-45(59-51)33-64(34-46-10-6-14-52(60-46)50-12-4-8-44(32-63)58-50)36-48-28-42(30-54(62-48)56(67)68)26-24-40-21-17-38(2)18-22-40;/h3-22,27-30H,31-36H2,1-2H3,(H,65,66)(H,67,68);/q;+2. The Hall–Kier alpha value is -7.10. The Morgan fingerprint density at radius 2 is 0.739 bits per heavy atom. The summed E-state index contributed by atoms with van der Waals surface area (Å²) in [6.07, 6.45) is 0. The molecule has 337 valence electrons. The second kappa shape index (κ2) is 22.3. The van der Waals surface area contributed by atoms with Crippen molar-refractivity contribution in [3.63, 3.8) is 0 Å². The third kappa shape index (κ3) is 13.1. The van der Waals surface area contributed by atoms with E-state index in [1.807, 2.05) is 147 Å². The van der Waals surface area contributed by atoms with Crippen LogP contribution in [0.5, 0.6) is 0 Å². The molecule has 8 aromatic rings. The van der Waals surface area contributed by atoms with Gasteiger partial charge in [0.2, 0.25) is 0 Å². The summed E-state index contributed by atoms with van der Waals surface area (Å²) in [6, 6.07) is 45.7. The number of hydrogen-bond acceptors (Lipinski definition) is 10. The van der Waals surface area contributed by atoms with Gasteiger partial charge in [-0.05, 0) is 111 Å². The van der Waals surface area contributed by atoms with Crippen LogP contribution in [0.2, 0.25) is 0 Å². The van der Waals surface area contributed by atoms with Crippen LogP contribution in [0.4, 0.5) is 0 Å². The summed E-state index contributed by atoms with van der Waals surface area (Å²) in [5.74, 6) is 10.3. The van der Waals surface area contributed by atoms with Gasteiger partial charge in [-0.1, -0.05) is 83.3 Å². The molecule has 6 aromatic heterocycles. The number of rotatable bonds is 6. The van der Waals surface area contributed by atoms with Crippen molar-refractivity contribution >= 4 is 11.9 Å². The van der Waals surface area contributed by atoms with Gasteiger partial charge in [0.1, 0.15) is 11.4 Å². The maximum atomic E-state index is 12.3. The molecule has 0 saturated heterocycles. The first-order valence-electron chi connectivity index (χ1n) is 22.0. The van der Waals surface area contributed by atoms with Gasteiger partial charge in [0.05, 0.1) is 56.9 Å². The van der Waals surface area contributed by atoms with Crippen molar-refractivity contribution in [1.29, 1.82) is 0 Å². The van der Waals surface area contributed by atoms with Crippen LogP contribution in [0.15, 0.2) is 146 Å². The van der Waals surface area contributed by atoms with Gasteiger partial charge in [-0.3, -0.25) is 9.80 Å². The molecule has 9 rings (SSSR count). The van der Waals surface area contributed by atoms with Gasteiger partial charge in [-0.15, -0.1) is 0 Å². The minimum absolute atomic E-state index is 0. The van der Waals surface area contributed by atoms with Crippen LogP contribution in [-0.2, 0) is 39.3 Å². The smallest absolute Gasteiger partial charge is 0.477 e. The van der Waals surface area contributed by atoms with Gasteiger partial charge >= 0.3 is 61.3 Å². The monoisotopic (exact) mass is 1050 g/mol. The molecule has 0 amide bonds. The zero-order chi connectivity index (χ0) is 47.0. The Morgan fingerprint density at radius 1 is 0.435 bits per heavy atom. The van der Waals surface area contributed by atoms with Gasteiger partial charge < -0.3 is 10.2 Å². The molecule has 8 bridgehead atoms. The predicted molar refractivity (Wildman–Crippen MR) is 258 cm³/mol. The van der Waals surface area contributed by atoms with Crippen LogP contribution in [0.3, 0.4) is 0 Å². The first-order chi connectivity index (χ1) is 33.0. The number of carbonyl (C=O) groups is 2. The van der Waals surface area contributed by atoms with E-state index in [0.717, 1.165) is 45.0 Å². The van der Waals surface area contributed by atoms with Crippen LogP contribution in [0.25, 0.3) is 22.8 Å². The Morgan fingerprint density at radius 3 is 1.04 bits per heavy atom. The van der Waals surface area contributed by atoms with Crippen molar-refractivity contribution < 1.29 is 69.2 Å². The molecule has 0 fully saturated rings. The summed E-state index contributed by atoms with van der Waals surface area (Å²) in [5, 5.41) is 20.2. The number of fused-ring (bicyclic) bond motifs is 10. The second-order valence-electron chi connectivity index (χ2n) is 16.7. The van der Waals surface area contributed by atoms with Crippen molar-refractivity contribution in [3.8, 4) is 46.5 Å². The summed E-state index contributed by atoms with van der Waals surface area (Å²) in [6.45, 7) is 6.10. The molecule has 69 heavy (non-hydrogen) atoms. The molecule has 2 N–H and O–H groups in total. The fraction of sp³-hybridized carbons (Fsp3) is 0.143. The van der Waals surface area contributed by atoms with Crippen LogP contribution < -0.4 is 0 Å². The molecule has 13 heteroatoms. The summed E-state index contributed by atoms with van der Waals surface area (Å²) < 4.78 is 0. The van der Waals surface area contributed by atoms with E-state index in [2.05, 4.69) is 43.4 Å². The van der Waals surface area contributed by atoms with Crippen molar-refractivity contribution in [2.24, 2.45) is 0 Å². The molecule has 7 heterocycles. The Kier molecular flexibility index (Phi) is 15.7. The normalized spacial score (nSPS) is 12.4. The second-order valence-corrected chi connectivity index (χ2v) is 16.7. The number of pyridine rings is 6. The first kappa shape index (κ1) is 48.4. The SMILES string of the molecule is Cc1ccc(C#Cc2cc(CN3Cc4cccc(n4)-c4cccc(n4)CN(Cc4cc(C#Cc5ccc(C)cc5)cc(C(=O)O)n4)Cc4cccc(n4)-c4cccc(n4)C3)nc(C(=O)O)c2)cc1.[Eu+2]. The predicted octanol–water partition coefficient (Wildman–Crippen LogP) is 8.92. The molecule has 1 radical (unpaired) electrons. The summed E-state index contributed by atoms with van der Waals surface area (Å²) in [7, 11) is 0. The van der Waals surface area contributed by atoms with E-state index in [1.54, 1.807) is 0 Å².